The quantitative estimate of drug-likeness (QED) is 0.789. The first-order chi connectivity index (χ1) is 8.41. The topological polar surface area (TPSA) is 58.4 Å². The summed E-state index contributed by atoms with van der Waals surface area (Å²) in [5.74, 6) is 0.664. The molecule has 0 radical (unpaired) electrons. The number of hydrogen-bond donors (Lipinski definition) is 2. The molecule has 0 bridgehead atoms. The van der Waals surface area contributed by atoms with Gasteiger partial charge >= 0.3 is 0 Å². The van der Waals surface area contributed by atoms with Gasteiger partial charge in [0.15, 0.2) is 0 Å². The van der Waals surface area contributed by atoms with Crippen molar-refractivity contribution in [2.24, 2.45) is 5.92 Å². The third-order valence-electron chi connectivity index (χ3n) is 2.93. The number of carbonyl (C=O) groups is 1. The molecule has 1 aromatic carbocycles. The number of nitrogens with two attached hydrogens (primary N) is 1. The van der Waals surface area contributed by atoms with Crippen molar-refractivity contribution in [3.63, 3.8) is 0 Å². The molecule has 0 atom stereocenters. The molecule has 1 aromatic rings. The molecule has 4 nitrogen and oxygen atoms in total. The lowest BCUT2D eigenvalue weighted by molar-refractivity contribution is -0.116. The molecule has 1 amide bonds. The average molecular weight is 249 g/mol. The van der Waals surface area contributed by atoms with E-state index in [0.717, 1.165) is 24.3 Å². The minimum Gasteiger partial charge on any atom is -0.397 e. The third-order valence-corrected chi connectivity index (χ3v) is 2.93. The van der Waals surface area contributed by atoms with Crippen LogP contribution in [0.25, 0.3) is 0 Å². The first-order valence-electron chi connectivity index (χ1n) is 6.29. The van der Waals surface area contributed by atoms with E-state index in [0.29, 0.717) is 11.6 Å². The monoisotopic (exact) mass is 249 g/mol. The van der Waals surface area contributed by atoms with Gasteiger partial charge in [-0.25, -0.2) is 0 Å². The number of nitrogens with one attached hydrogen (secondary N) is 1. The van der Waals surface area contributed by atoms with Crippen LogP contribution in [0.3, 0.4) is 0 Å². The van der Waals surface area contributed by atoms with Crippen LogP contribution in [0.4, 0.5) is 17.1 Å². The van der Waals surface area contributed by atoms with Crippen molar-refractivity contribution in [1.82, 2.24) is 0 Å². The van der Waals surface area contributed by atoms with Gasteiger partial charge in [0.25, 0.3) is 0 Å². The SMILES string of the molecule is CC(=O)N(C)c1ccc(NCCC(C)C)c(N)c1. The molecule has 0 unspecified atom stereocenters. The lowest BCUT2D eigenvalue weighted by atomic mass is 10.1. The Kier molecular flexibility index (Phi) is 5.01. The molecule has 1 rings (SSSR count). The standard InChI is InChI=1S/C14H23N3O/c1-10(2)7-8-16-14-6-5-12(9-13(14)15)17(4)11(3)18/h5-6,9-10,16H,7-8,15H2,1-4H3. The summed E-state index contributed by atoms with van der Waals surface area (Å²) in [5.41, 5.74) is 8.39. The Hall–Kier alpha value is -1.71. The predicted octanol–water partition coefficient (Wildman–Crippen LogP) is 2.71. The van der Waals surface area contributed by atoms with Crippen LogP contribution in [0.5, 0.6) is 0 Å². The maximum absolute atomic E-state index is 11.3. The van der Waals surface area contributed by atoms with E-state index in [9.17, 15) is 4.79 Å². The van der Waals surface area contributed by atoms with E-state index in [1.54, 1.807) is 11.9 Å². The summed E-state index contributed by atoms with van der Waals surface area (Å²) in [6, 6.07) is 5.64. The first-order valence-corrected chi connectivity index (χ1v) is 6.29. The zero-order valence-corrected chi connectivity index (χ0v) is 11.7. The van der Waals surface area contributed by atoms with Crippen molar-refractivity contribution < 1.29 is 4.79 Å². The molecule has 3 N–H and O–H groups in total. The van der Waals surface area contributed by atoms with E-state index < -0.39 is 0 Å². The van der Waals surface area contributed by atoms with Gasteiger partial charge in [-0.3, -0.25) is 4.79 Å². The van der Waals surface area contributed by atoms with Gasteiger partial charge in [0.05, 0.1) is 11.4 Å². The molecule has 0 aliphatic rings. The highest BCUT2D eigenvalue weighted by Crippen LogP contribution is 2.25. The summed E-state index contributed by atoms with van der Waals surface area (Å²) in [4.78, 5) is 12.8. The second-order valence-corrected chi connectivity index (χ2v) is 4.96. The molecule has 0 aliphatic heterocycles. The lowest BCUT2D eigenvalue weighted by Crippen LogP contribution is -2.22. The van der Waals surface area contributed by atoms with Crippen LogP contribution in [0, 0.1) is 5.92 Å². The van der Waals surface area contributed by atoms with Crippen LogP contribution in [0.1, 0.15) is 27.2 Å². The van der Waals surface area contributed by atoms with Crippen LogP contribution < -0.4 is 16.0 Å². The normalized spacial score (nSPS) is 10.5. The molecule has 18 heavy (non-hydrogen) atoms. The number of anilines is 3. The van der Waals surface area contributed by atoms with Crippen molar-refractivity contribution >= 4 is 23.0 Å². The van der Waals surface area contributed by atoms with Crippen LogP contribution in [-0.2, 0) is 4.79 Å². The highest BCUT2D eigenvalue weighted by atomic mass is 16.2. The fraction of sp³-hybridized carbons (Fsp3) is 0.500. The Morgan fingerprint density at radius 1 is 1.44 bits per heavy atom. The summed E-state index contributed by atoms with van der Waals surface area (Å²) in [6.45, 7) is 6.82. The fourth-order valence-corrected chi connectivity index (χ4v) is 1.60. The summed E-state index contributed by atoms with van der Waals surface area (Å²) in [6.07, 6.45) is 1.11. The van der Waals surface area contributed by atoms with Gasteiger partial charge in [0.1, 0.15) is 0 Å². The highest BCUT2D eigenvalue weighted by molar-refractivity contribution is 5.92. The van der Waals surface area contributed by atoms with Gasteiger partial charge in [0.2, 0.25) is 5.91 Å². The second-order valence-electron chi connectivity index (χ2n) is 4.96. The van der Waals surface area contributed by atoms with Crippen LogP contribution >= 0.6 is 0 Å². The molecule has 0 saturated heterocycles. The van der Waals surface area contributed by atoms with Gasteiger partial charge in [-0.1, -0.05) is 13.8 Å². The van der Waals surface area contributed by atoms with Gasteiger partial charge in [0, 0.05) is 26.2 Å². The van der Waals surface area contributed by atoms with E-state index in [-0.39, 0.29) is 5.91 Å². The zero-order valence-electron chi connectivity index (χ0n) is 11.7. The Morgan fingerprint density at radius 3 is 2.61 bits per heavy atom. The molecule has 0 heterocycles. The van der Waals surface area contributed by atoms with E-state index in [2.05, 4.69) is 19.2 Å². The molecule has 4 heteroatoms. The van der Waals surface area contributed by atoms with E-state index >= 15 is 0 Å². The lowest BCUT2D eigenvalue weighted by Gasteiger charge is -2.17. The van der Waals surface area contributed by atoms with Gasteiger partial charge in [-0.05, 0) is 30.5 Å². The minimum absolute atomic E-state index is 0.00471. The summed E-state index contributed by atoms with van der Waals surface area (Å²) in [5, 5.41) is 3.31. The van der Waals surface area contributed by atoms with Gasteiger partial charge in [-0.15, -0.1) is 0 Å². The third kappa shape index (κ3) is 3.95. The Balaban J connectivity index is 2.71. The van der Waals surface area contributed by atoms with Gasteiger partial charge in [-0.2, -0.15) is 0 Å². The zero-order chi connectivity index (χ0) is 13.7. The van der Waals surface area contributed by atoms with Crippen molar-refractivity contribution in [3.8, 4) is 0 Å². The molecular formula is C14H23N3O. The molecule has 100 valence electrons. The van der Waals surface area contributed by atoms with E-state index in [1.807, 2.05) is 18.2 Å². The van der Waals surface area contributed by atoms with Gasteiger partial charge < -0.3 is 16.0 Å². The van der Waals surface area contributed by atoms with Crippen molar-refractivity contribution in [2.75, 3.05) is 29.5 Å². The van der Waals surface area contributed by atoms with Crippen LogP contribution in [0.15, 0.2) is 18.2 Å². The summed E-state index contributed by atoms with van der Waals surface area (Å²) >= 11 is 0. The number of benzene rings is 1. The summed E-state index contributed by atoms with van der Waals surface area (Å²) in [7, 11) is 1.74. The molecular weight excluding hydrogens is 226 g/mol. The number of nitrogen functional groups attached to an aromatic ring is 1. The molecule has 0 aliphatic carbocycles. The van der Waals surface area contributed by atoms with Crippen LogP contribution in [0.2, 0.25) is 0 Å². The Bertz CT molecular complexity index is 416. The van der Waals surface area contributed by atoms with E-state index in [4.69, 9.17) is 5.73 Å². The number of hydrogen-bond acceptors (Lipinski definition) is 3. The first kappa shape index (κ1) is 14.4. The maximum atomic E-state index is 11.3. The largest absolute Gasteiger partial charge is 0.397 e. The average Bonchev–Trinajstić information content (AvgIpc) is 2.29. The fourth-order valence-electron chi connectivity index (χ4n) is 1.60. The molecule has 0 saturated carbocycles. The Morgan fingerprint density at radius 2 is 2.11 bits per heavy atom. The predicted molar refractivity (Wildman–Crippen MR) is 77.9 cm³/mol. The highest BCUT2D eigenvalue weighted by Gasteiger charge is 2.07. The molecule has 0 aromatic heterocycles. The number of carbonyl (C=O) groups excluding carboxylic acids is 1. The summed E-state index contributed by atoms with van der Waals surface area (Å²) < 4.78 is 0. The van der Waals surface area contributed by atoms with Crippen LogP contribution in [-0.4, -0.2) is 19.5 Å². The van der Waals surface area contributed by atoms with Crippen molar-refractivity contribution in [1.29, 1.82) is 0 Å². The second kappa shape index (κ2) is 6.28. The number of rotatable bonds is 5. The van der Waals surface area contributed by atoms with Crippen molar-refractivity contribution in [2.45, 2.75) is 27.2 Å². The maximum Gasteiger partial charge on any atom is 0.223 e. The van der Waals surface area contributed by atoms with E-state index in [1.165, 1.54) is 6.92 Å². The Labute approximate surface area is 109 Å². The number of nitrogens with zero attached hydrogens (tertiary/aromatic N) is 1. The minimum atomic E-state index is -0.00471. The number of amides is 1. The molecule has 0 spiro atoms. The molecule has 0 fully saturated rings. The smallest absolute Gasteiger partial charge is 0.223 e. The van der Waals surface area contributed by atoms with Crippen molar-refractivity contribution in [3.05, 3.63) is 18.2 Å².